The maximum absolute atomic E-state index is 10.9. The number of hydrogen-bond acceptors (Lipinski definition) is 6. The molecular weight excluding hydrogens is 258 g/mol. The first-order valence-electron chi connectivity index (χ1n) is 6.04. The van der Waals surface area contributed by atoms with Crippen LogP contribution in [0.2, 0.25) is 0 Å². The number of anilines is 2. The van der Waals surface area contributed by atoms with Crippen molar-refractivity contribution in [3.63, 3.8) is 0 Å². The van der Waals surface area contributed by atoms with Crippen molar-refractivity contribution in [2.45, 2.75) is 6.54 Å². The van der Waals surface area contributed by atoms with Crippen molar-refractivity contribution in [2.24, 2.45) is 0 Å². The predicted molar refractivity (Wildman–Crippen MR) is 76.8 cm³/mol. The van der Waals surface area contributed by atoms with Crippen LogP contribution in [-0.2, 0) is 6.54 Å². The number of hydrogen-bond donors (Lipinski definition) is 1. The van der Waals surface area contributed by atoms with Crippen molar-refractivity contribution in [1.29, 1.82) is 0 Å². The molecule has 1 N–H and O–H groups in total. The lowest BCUT2D eigenvalue weighted by Crippen LogP contribution is -2.13. The quantitative estimate of drug-likeness (QED) is 0.663. The molecular formula is C13H15N5O2. The Labute approximate surface area is 116 Å². The molecule has 0 radical (unpaired) electrons. The second-order valence-corrected chi connectivity index (χ2v) is 4.38. The summed E-state index contributed by atoms with van der Waals surface area (Å²) in [5.74, 6) is 1.21. The fourth-order valence-corrected chi connectivity index (χ4v) is 1.69. The number of nitro benzene ring substituents is 1. The first-order chi connectivity index (χ1) is 9.58. The van der Waals surface area contributed by atoms with Crippen LogP contribution in [0.15, 0.2) is 36.5 Å². The molecule has 1 aromatic carbocycles. The molecule has 0 amide bonds. The average molecular weight is 273 g/mol. The Morgan fingerprint density at radius 3 is 2.75 bits per heavy atom. The third-order valence-electron chi connectivity index (χ3n) is 2.69. The Hall–Kier alpha value is -2.70. The molecule has 0 aliphatic carbocycles. The number of para-hydroxylation sites is 1. The van der Waals surface area contributed by atoms with Gasteiger partial charge in [-0.25, -0.2) is 4.98 Å². The number of aromatic nitrogens is 2. The second-order valence-electron chi connectivity index (χ2n) is 4.38. The molecule has 0 aliphatic rings. The van der Waals surface area contributed by atoms with Crippen LogP contribution in [0, 0.1) is 10.1 Å². The third kappa shape index (κ3) is 3.19. The van der Waals surface area contributed by atoms with E-state index in [9.17, 15) is 10.1 Å². The SMILES string of the molecule is CN(C)c1nccc(NCc2ccccc2[N+](=O)[O-])n1. The molecule has 2 rings (SSSR count). The number of benzene rings is 1. The fourth-order valence-electron chi connectivity index (χ4n) is 1.69. The molecule has 0 aliphatic heterocycles. The summed E-state index contributed by atoms with van der Waals surface area (Å²) < 4.78 is 0. The number of rotatable bonds is 5. The molecule has 0 atom stereocenters. The molecule has 0 fully saturated rings. The van der Waals surface area contributed by atoms with Gasteiger partial charge in [0, 0.05) is 38.5 Å². The Bertz CT molecular complexity index is 615. The van der Waals surface area contributed by atoms with Gasteiger partial charge in [0.05, 0.1) is 4.92 Å². The Morgan fingerprint density at radius 1 is 1.30 bits per heavy atom. The first-order valence-corrected chi connectivity index (χ1v) is 6.04. The highest BCUT2D eigenvalue weighted by Crippen LogP contribution is 2.19. The third-order valence-corrected chi connectivity index (χ3v) is 2.69. The van der Waals surface area contributed by atoms with Gasteiger partial charge in [-0.2, -0.15) is 4.98 Å². The summed E-state index contributed by atoms with van der Waals surface area (Å²) in [5.41, 5.74) is 0.712. The van der Waals surface area contributed by atoms with Crippen LogP contribution in [0.1, 0.15) is 5.56 Å². The Balaban J connectivity index is 2.13. The highest BCUT2D eigenvalue weighted by molar-refractivity contribution is 5.45. The fraction of sp³-hybridized carbons (Fsp3) is 0.231. The Kier molecular flexibility index (Phi) is 4.09. The van der Waals surface area contributed by atoms with E-state index in [1.54, 1.807) is 35.4 Å². The monoisotopic (exact) mass is 273 g/mol. The van der Waals surface area contributed by atoms with Gasteiger partial charge in [-0.15, -0.1) is 0 Å². The molecule has 0 saturated heterocycles. The first kappa shape index (κ1) is 13.7. The van der Waals surface area contributed by atoms with Crippen LogP contribution in [-0.4, -0.2) is 29.0 Å². The minimum absolute atomic E-state index is 0.0990. The Morgan fingerprint density at radius 2 is 2.05 bits per heavy atom. The zero-order chi connectivity index (χ0) is 14.5. The van der Waals surface area contributed by atoms with Gasteiger partial charge in [-0.3, -0.25) is 10.1 Å². The largest absolute Gasteiger partial charge is 0.366 e. The van der Waals surface area contributed by atoms with E-state index in [1.807, 2.05) is 14.1 Å². The van der Waals surface area contributed by atoms with Gasteiger partial charge in [0.15, 0.2) is 0 Å². The molecule has 2 aromatic rings. The highest BCUT2D eigenvalue weighted by atomic mass is 16.6. The van der Waals surface area contributed by atoms with Crippen LogP contribution in [0.25, 0.3) is 0 Å². The maximum Gasteiger partial charge on any atom is 0.274 e. The van der Waals surface area contributed by atoms with Crippen molar-refractivity contribution < 1.29 is 4.92 Å². The van der Waals surface area contributed by atoms with E-state index >= 15 is 0 Å². The van der Waals surface area contributed by atoms with E-state index in [0.29, 0.717) is 23.9 Å². The molecule has 7 nitrogen and oxygen atoms in total. The zero-order valence-corrected chi connectivity index (χ0v) is 11.3. The summed E-state index contributed by atoms with van der Waals surface area (Å²) in [5, 5.41) is 14.0. The molecule has 0 unspecified atom stereocenters. The molecule has 0 saturated carbocycles. The van der Waals surface area contributed by atoms with Gasteiger partial charge in [0.1, 0.15) is 5.82 Å². The molecule has 104 valence electrons. The summed E-state index contributed by atoms with van der Waals surface area (Å²) in [7, 11) is 3.70. The lowest BCUT2D eigenvalue weighted by atomic mass is 10.2. The topological polar surface area (TPSA) is 84.2 Å². The van der Waals surface area contributed by atoms with E-state index in [2.05, 4.69) is 15.3 Å². The molecule has 20 heavy (non-hydrogen) atoms. The van der Waals surface area contributed by atoms with Crippen LogP contribution in [0.5, 0.6) is 0 Å². The van der Waals surface area contributed by atoms with Gasteiger partial charge in [0.25, 0.3) is 5.69 Å². The second kappa shape index (κ2) is 5.96. The van der Waals surface area contributed by atoms with Crippen LogP contribution < -0.4 is 10.2 Å². The number of nitro groups is 1. The van der Waals surface area contributed by atoms with E-state index in [-0.39, 0.29) is 10.6 Å². The van der Waals surface area contributed by atoms with Gasteiger partial charge >= 0.3 is 0 Å². The summed E-state index contributed by atoms with van der Waals surface area (Å²) >= 11 is 0. The minimum Gasteiger partial charge on any atom is -0.366 e. The van der Waals surface area contributed by atoms with Crippen LogP contribution in [0.3, 0.4) is 0 Å². The molecule has 0 bridgehead atoms. The van der Waals surface area contributed by atoms with Crippen LogP contribution in [0.4, 0.5) is 17.5 Å². The maximum atomic E-state index is 10.9. The van der Waals surface area contributed by atoms with Gasteiger partial charge in [-0.1, -0.05) is 18.2 Å². The van der Waals surface area contributed by atoms with Gasteiger partial charge in [-0.05, 0) is 6.07 Å². The normalized spacial score (nSPS) is 10.1. The minimum atomic E-state index is -0.387. The van der Waals surface area contributed by atoms with Crippen molar-refractivity contribution >= 4 is 17.5 Å². The molecule has 7 heteroatoms. The van der Waals surface area contributed by atoms with E-state index in [1.165, 1.54) is 6.07 Å². The van der Waals surface area contributed by atoms with E-state index in [4.69, 9.17) is 0 Å². The van der Waals surface area contributed by atoms with Crippen molar-refractivity contribution in [3.8, 4) is 0 Å². The number of nitrogens with one attached hydrogen (secondary N) is 1. The summed E-state index contributed by atoms with van der Waals surface area (Å²) in [4.78, 5) is 20.7. The van der Waals surface area contributed by atoms with E-state index in [0.717, 1.165) is 0 Å². The highest BCUT2D eigenvalue weighted by Gasteiger charge is 2.12. The van der Waals surface area contributed by atoms with Crippen molar-refractivity contribution in [3.05, 3.63) is 52.2 Å². The molecule has 0 spiro atoms. The average Bonchev–Trinajstić information content (AvgIpc) is 2.45. The smallest absolute Gasteiger partial charge is 0.274 e. The van der Waals surface area contributed by atoms with Crippen molar-refractivity contribution in [2.75, 3.05) is 24.3 Å². The van der Waals surface area contributed by atoms with Gasteiger partial charge in [0.2, 0.25) is 5.95 Å². The van der Waals surface area contributed by atoms with Crippen LogP contribution >= 0.6 is 0 Å². The predicted octanol–water partition coefficient (Wildman–Crippen LogP) is 2.06. The van der Waals surface area contributed by atoms with E-state index < -0.39 is 0 Å². The summed E-state index contributed by atoms with van der Waals surface area (Å²) in [6.07, 6.45) is 1.64. The molecule has 1 aromatic heterocycles. The summed E-state index contributed by atoms with van der Waals surface area (Å²) in [6, 6.07) is 8.36. The number of nitrogens with zero attached hydrogens (tertiary/aromatic N) is 4. The lowest BCUT2D eigenvalue weighted by Gasteiger charge is -2.11. The van der Waals surface area contributed by atoms with Gasteiger partial charge < -0.3 is 10.2 Å². The molecule has 1 heterocycles. The van der Waals surface area contributed by atoms with Crippen molar-refractivity contribution in [1.82, 2.24) is 9.97 Å². The standard InChI is InChI=1S/C13H15N5O2/c1-17(2)13-14-8-7-12(16-13)15-9-10-5-3-4-6-11(10)18(19)20/h3-8H,9H2,1-2H3,(H,14,15,16). The summed E-state index contributed by atoms with van der Waals surface area (Å²) in [6.45, 7) is 0.334. The lowest BCUT2D eigenvalue weighted by molar-refractivity contribution is -0.385. The zero-order valence-electron chi connectivity index (χ0n) is 11.3.